The molecule has 2 N–H and O–H groups in total. The van der Waals surface area contributed by atoms with E-state index in [1.165, 1.54) is 25.7 Å². The van der Waals surface area contributed by atoms with E-state index in [0.29, 0.717) is 12.1 Å². The Kier molecular flexibility index (Phi) is 4.60. The van der Waals surface area contributed by atoms with Gasteiger partial charge in [0, 0.05) is 12.1 Å². The molecule has 0 heterocycles. The molecule has 0 saturated heterocycles. The van der Waals surface area contributed by atoms with E-state index >= 15 is 0 Å². The fraction of sp³-hybridized carbons (Fsp3) is 1.00. The molecule has 0 aromatic rings. The summed E-state index contributed by atoms with van der Waals surface area (Å²) in [6, 6.07) is 1.11. The second-order valence-corrected chi connectivity index (χ2v) is 5.72. The van der Waals surface area contributed by atoms with E-state index in [1.807, 2.05) is 0 Å². The van der Waals surface area contributed by atoms with Gasteiger partial charge in [-0.2, -0.15) is 0 Å². The van der Waals surface area contributed by atoms with Gasteiger partial charge in [-0.3, -0.25) is 10.6 Å². The van der Waals surface area contributed by atoms with E-state index in [1.54, 1.807) is 0 Å². The molecule has 1 unspecified atom stereocenters. The summed E-state index contributed by atoms with van der Waals surface area (Å²) in [5.74, 6) is 0.732. The van der Waals surface area contributed by atoms with Crippen molar-refractivity contribution < 1.29 is 0 Å². The summed E-state index contributed by atoms with van der Waals surface area (Å²) in [6.07, 6.45) is 5.36. The fourth-order valence-electron chi connectivity index (χ4n) is 2.85. The van der Waals surface area contributed by atoms with Gasteiger partial charge < -0.3 is 0 Å². The lowest BCUT2D eigenvalue weighted by Crippen LogP contribution is -2.65. The van der Waals surface area contributed by atoms with Crippen molar-refractivity contribution >= 4 is 0 Å². The summed E-state index contributed by atoms with van der Waals surface area (Å²) in [7, 11) is 0. The van der Waals surface area contributed by atoms with E-state index < -0.39 is 0 Å². The average molecular weight is 212 g/mol. The van der Waals surface area contributed by atoms with Crippen LogP contribution < -0.4 is 10.6 Å². The van der Waals surface area contributed by atoms with Gasteiger partial charge >= 0.3 is 0 Å². The molecule has 0 amide bonds. The smallest absolute Gasteiger partial charge is 0.0717 e. The third kappa shape index (κ3) is 3.46. The number of hydrogen-bond donors (Lipinski definition) is 2. The predicted octanol–water partition coefficient (Wildman–Crippen LogP) is 2.89. The number of rotatable bonds is 4. The lowest BCUT2D eigenvalue weighted by molar-refractivity contribution is 0.0934. The highest BCUT2D eigenvalue weighted by Gasteiger charge is 2.38. The highest BCUT2D eigenvalue weighted by Crippen LogP contribution is 2.32. The first-order valence-electron chi connectivity index (χ1n) is 6.51. The zero-order valence-corrected chi connectivity index (χ0v) is 11.1. The highest BCUT2D eigenvalue weighted by molar-refractivity contribution is 4.95. The van der Waals surface area contributed by atoms with Crippen molar-refractivity contribution in [2.45, 2.75) is 78.0 Å². The van der Waals surface area contributed by atoms with Crippen LogP contribution in [0.25, 0.3) is 0 Å². The van der Waals surface area contributed by atoms with Crippen LogP contribution in [0.5, 0.6) is 0 Å². The third-order valence-electron chi connectivity index (χ3n) is 3.39. The monoisotopic (exact) mass is 212 g/mol. The maximum absolute atomic E-state index is 3.77. The van der Waals surface area contributed by atoms with Crippen LogP contribution in [0, 0.1) is 5.92 Å². The lowest BCUT2D eigenvalue weighted by atomic mass is 9.79. The molecule has 90 valence electrons. The second kappa shape index (κ2) is 5.31. The number of hydrogen-bond acceptors (Lipinski definition) is 2. The molecular weight excluding hydrogens is 184 g/mol. The molecule has 2 nitrogen and oxygen atoms in total. The van der Waals surface area contributed by atoms with Gasteiger partial charge in [0.05, 0.1) is 5.66 Å². The van der Waals surface area contributed by atoms with Crippen LogP contribution in [0.15, 0.2) is 0 Å². The van der Waals surface area contributed by atoms with Crippen molar-refractivity contribution in [3.63, 3.8) is 0 Å². The summed E-state index contributed by atoms with van der Waals surface area (Å²) in [5, 5.41) is 7.53. The van der Waals surface area contributed by atoms with Crippen LogP contribution in [-0.2, 0) is 0 Å². The quantitative estimate of drug-likeness (QED) is 0.700. The molecule has 1 aliphatic carbocycles. The van der Waals surface area contributed by atoms with E-state index in [2.05, 4.69) is 45.3 Å². The van der Waals surface area contributed by atoms with Crippen molar-refractivity contribution in [1.82, 2.24) is 10.6 Å². The highest BCUT2D eigenvalue weighted by atomic mass is 15.2. The minimum Gasteiger partial charge on any atom is -0.297 e. The SMILES string of the molecule is CC(C)NC1(NC(C)C)CCCCC1C. The molecule has 1 aliphatic rings. The molecule has 1 atom stereocenters. The van der Waals surface area contributed by atoms with E-state index in [0.717, 1.165) is 5.92 Å². The molecule has 0 aromatic heterocycles. The largest absolute Gasteiger partial charge is 0.297 e. The van der Waals surface area contributed by atoms with Gasteiger partial charge in [-0.1, -0.05) is 19.8 Å². The molecule has 0 aliphatic heterocycles. The Hall–Kier alpha value is -0.0800. The van der Waals surface area contributed by atoms with Gasteiger partial charge in [0.25, 0.3) is 0 Å². The van der Waals surface area contributed by atoms with E-state index in [-0.39, 0.29) is 5.66 Å². The van der Waals surface area contributed by atoms with Crippen molar-refractivity contribution in [1.29, 1.82) is 0 Å². The first-order valence-corrected chi connectivity index (χ1v) is 6.51. The summed E-state index contributed by atoms with van der Waals surface area (Å²) in [4.78, 5) is 0. The normalized spacial score (nSPS) is 26.2. The van der Waals surface area contributed by atoms with Crippen LogP contribution in [0.2, 0.25) is 0 Å². The fourth-order valence-corrected chi connectivity index (χ4v) is 2.85. The summed E-state index contributed by atoms with van der Waals surface area (Å²) in [6.45, 7) is 11.3. The average Bonchev–Trinajstić information content (AvgIpc) is 2.08. The molecule has 0 spiro atoms. The topological polar surface area (TPSA) is 24.1 Å². The Bertz CT molecular complexity index is 177. The maximum Gasteiger partial charge on any atom is 0.0717 e. The van der Waals surface area contributed by atoms with Gasteiger partial charge in [-0.15, -0.1) is 0 Å². The number of nitrogens with one attached hydrogen (secondary N) is 2. The molecular formula is C13H28N2. The summed E-state index contributed by atoms with van der Waals surface area (Å²) >= 11 is 0. The van der Waals surface area contributed by atoms with Crippen LogP contribution in [-0.4, -0.2) is 17.7 Å². The van der Waals surface area contributed by atoms with Crippen molar-refractivity contribution in [2.24, 2.45) is 5.92 Å². The Morgan fingerprint density at radius 3 is 1.93 bits per heavy atom. The zero-order valence-electron chi connectivity index (χ0n) is 11.1. The van der Waals surface area contributed by atoms with Gasteiger partial charge in [-0.25, -0.2) is 0 Å². The van der Waals surface area contributed by atoms with E-state index in [4.69, 9.17) is 0 Å². The molecule has 1 rings (SSSR count). The van der Waals surface area contributed by atoms with Crippen LogP contribution >= 0.6 is 0 Å². The van der Waals surface area contributed by atoms with Gasteiger partial charge in [-0.05, 0) is 46.5 Å². The first-order chi connectivity index (χ1) is 6.96. The minimum atomic E-state index is 0.181. The maximum atomic E-state index is 3.77. The lowest BCUT2D eigenvalue weighted by Gasteiger charge is -2.47. The zero-order chi connectivity index (χ0) is 11.5. The Balaban J connectivity index is 2.73. The molecule has 1 fully saturated rings. The van der Waals surface area contributed by atoms with Crippen LogP contribution in [0.3, 0.4) is 0 Å². The summed E-state index contributed by atoms with van der Waals surface area (Å²) < 4.78 is 0. The Labute approximate surface area is 95.2 Å². The van der Waals surface area contributed by atoms with Gasteiger partial charge in [0.1, 0.15) is 0 Å². The second-order valence-electron chi connectivity index (χ2n) is 5.72. The van der Waals surface area contributed by atoms with Crippen LogP contribution in [0.1, 0.15) is 60.3 Å². The third-order valence-corrected chi connectivity index (χ3v) is 3.39. The Morgan fingerprint density at radius 2 is 1.53 bits per heavy atom. The molecule has 0 radical (unpaired) electrons. The van der Waals surface area contributed by atoms with Gasteiger partial charge in [0.15, 0.2) is 0 Å². The Morgan fingerprint density at radius 1 is 1.00 bits per heavy atom. The molecule has 0 bridgehead atoms. The molecule has 0 aromatic carbocycles. The molecule has 2 heteroatoms. The standard InChI is InChI=1S/C13H28N2/c1-10(2)14-13(15-11(3)4)9-7-6-8-12(13)5/h10-12,14-15H,6-9H2,1-5H3. The van der Waals surface area contributed by atoms with Crippen LogP contribution in [0.4, 0.5) is 0 Å². The molecule has 1 saturated carbocycles. The van der Waals surface area contributed by atoms with Gasteiger partial charge in [0.2, 0.25) is 0 Å². The summed E-state index contributed by atoms with van der Waals surface area (Å²) in [5.41, 5.74) is 0.181. The van der Waals surface area contributed by atoms with Crippen molar-refractivity contribution in [2.75, 3.05) is 0 Å². The van der Waals surface area contributed by atoms with Crippen molar-refractivity contribution in [3.05, 3.63) is 0 Å². The predicted molar refractivity (Wildman–Crippen MR) is 66.9 cm³/mol. The molecule has 15 heavy (non-hydrogen) atoms. The first kappa shape index (κ1) is 13.0. The minimum absolute atomic E-state index is 0.181. The van der Waals surface area contributed by atoms with Crippen molar-refractivity contribution in [3.8, 4) is 0 Å². The van der Waals surface area contributed by atoms with E-state index in [9.17, 15) is 0 Å².